The van der Waals surface area contributed by atoms with E-state index in [9.17, 15) is 0 Å². The fraction of sp³-hybridized carbons (Fsp3) is 0.636. The van der Waals surface area contributed by atoms with Gasteiger partial charge in [0.2, 0.25) is 5.88 Å². The number of hydrogen-bond donors (Lipinski definition) is 1. The lowest BCUT2D eigenvalue weighted by molar-refractivity contribution is 0.302. The van der Waals surface area contributed by atoms with E-state index < -0.39 is 0 Å². The van der Waals surface area contributed by atoms with Gasteiger partial charge >= 0.3 is 0 Å². The summed E-state index contributed by atoms with van der Waals surface area (Å²) in [5, 5.41) is 3.17. The van der Waals surface area contributed by atoms with Crippen molar-refractivity contribution in [3.8, 4) is 5.88 Å². The molecule has 1 aromatic heterocycles. The van der Waals surface area contributed by atoms with Crippen LogP contribution in [0.25, 0.3) is 0 Å². The van der Waals surface area contributed by atoms with Crippen LogP contribution < -0.4 is 10.1 Å². The van der Waals surface area contributed by atoms with Gasteiger partial charge in [-0.1, -0.05) is 6.92 Å². The normalized spacial score (nSPS) is 12.5. The summed E-state index contributed by atoms with van der Waals surface area (Å²) < 4.78 is 5.42. The van der Waals surface area contributed by atoms with Gasteiger partial charge < -0.3 is 10.1 Å². The van der Waals surface area contributed by atoms with E-state index in [1.807, 2.05) is 7.05 Å². The summed E-state index contributed by atoms with van der Waals surface area (Å²) in [7, 11) is 1.94. The number of nitrogens with zero attached hydrogens (tertiary/aromatic N) is 2. The first-order chi connectivity index (χ1) is 7.26. The number of rotatable bonds is 6. The quantitative estimate of drug-likeness (QED) is 0.769. The lowest BCUT2D eigenvalue weighted by Crippen LogP contribution is -2.24. The highest BCUT2D eigenvalue weighted by Gasteiger charge is 2.04. The largest absolute Gasteiger partial charge is 0.477 e. The van der Waals surface area contributed by atoms with E-state index in [1.165, 1.54) is 0 Å². The van der Waals surface area contributed by atoms with Crippen LogP contribution in [-0.4, -0.2) is 29.7 Å². The fourth-order valence-electron chi connectivity index (χ4n) is 1.18. The number of nitrogens with one attached hydrogen (secondary N) is 1. The van der Waals surface area contributed by atoms with Gasteiger partial charge in [-0.15, -0.1) is 0 Å². The molecule has 0 aliphatic rings. The smallest absolute Gasteiger partial charge is 0.232 e. The van der Waals surface area contributed by atoms with Crippen LogP contribution in [0.2, 0.25) is 0 Å². The van der Waals surface area contributed by atoms with Gasteiger partial charge in [-0.3, -0.25) is 4.98 Å². The molecule has 0 bridgehead atoms. The summed E-state index contributed by atoms with van der Waals surface area (Å²) in [6.07, 6.45) is 5.29. The van der Waals surface area contributed by atoms with Crippen molar-refractivity contribution < 1.29 is 4.74 Å². The van der Waals surface area contributed by atoms with E-state index in [4.69, 9.17) is 4.74 Å². The average molecular weight is 209 g/mol. The summed E-state index contributed by atoms with van der Waals surface area (Å²) in [4.78, 5) is 8.48. The van der Waals surface area contributed by atoms with Crippen molar-refractivity contribution in [2.45, 2.75) is 32.7 Å². The second kappa shape index (κ2) is 6.35. The second-order valence-corrected chi connectivity index (χ2v) is 3.59. The molecule has 4 heteroatoms. The molecule has 0 saturated carbocycles. The van der Waals surface area contributed by atoms with Crippen molar-refractivity contribution in [2.75, 3.05) is 13.7 Å². The Bertz CT molecular complexity index is 291. The molecule has 0 aliphatic carbocycles. The molecule has 0 aliphatic heterocycles. The molecule has 0 amide bonds. The Morgan fingerprint density at radius 2 is 2.27 bits per heavy atom. The van der Waals surface area contributed by atoms with E-state index in [0.29, 0.717) is 18.5 Å². The maximum absolute atomic E-state index is 5.42. The number of ether oxygens (including phenoxy) is 1. The van der Waals surface area contributed by atoms with Crippen LogP contribution in [0, 0.1) is 0 Å². The zero-order chi connectivity index (χ0) is 11.1. The molecule has 0 saturated heterocycles. The molecule has 1 rings (SSSR count). The monoisotopic (exact) mass is 209 g/mol. The molecular weight excluding hydrogens is 190 g/mol. The summed E-state index contributed by atoms with van der Waals surface area (Å²) in [6.45, 7) is 4.88. The topological polar surface area (TPSA) is 47.0 Å². The fourth-order valence-corrected chi connectivity index (χ4v) is 1.18. The third-order valence-electron chi connectivity index (χ3n) is 2.12. The first-order valence-electron chi connectivity index (χ1n) is 5.37. The third kappa shape index (κ3) is 4.25. The highest BCUT2D eigenvalue weighted by atomic mass is 16.5. The summed E-state index contributed by atoms with van der Waals surface area (Å²) in [5.41, 5.74) is 0.963. The van der Waals surface area contributed by atoms with E-state index in [1.54, 1.807) is 12.4 Å². The Morgan fingerprint density at radius 1 is 1.47 bits per heavy atom. The second-order valence-electron chi connectivity index (χ2n) is 3.59. The summed E-state index contributed by atoms with van der Waals surface area (Å²) >= 11 is 0. The minimum absolute atomic E-state index is 0.403. The molecule has 1 heterocycles. The maximum atomic E-state index is 5.42. The number of hydrogen-bond acceptors (Lipinski definition) is 4. The maximum Gasteiger partial charge on any atom is 0.232 e. The van der Waals surface area contributed by atoms with E-state index >= 15 is 0 Å². The van der Waals surface area contributed by atoms with Crippen molar-refractivity contribution in [1.82, 2.24) is 15.3 Å². The van der Waals surface area contributed by atoms with Gasteiger partial charge in [0, 0.05) is 18.7 Å². The Hall–Kier alpha value is -1.16. The zero-order valence-corrected chi connectivity index (χ0v) is 9.66. The predicted octanol–water partition coefficient (Wildman–Crippen LogP) is 1.42. The van der Waals surface area contributed by atoms with Crippen molar-refractivity contribution >= 4 is 0 Å². The van der Waals surface area contributed by atoms with Gasteiger partial charge in [0.05, 0.1) is 18.5 Å². The Labute approximate surface area is 91.1 Å². The lowest BCUT2D eigenvalue weighted by atomic mass is 10.2. The minimum Gasteiger partial charge on any atom is -0.477 e. The summed E-state index contributed by atoms with van der Waals surface area (Å²) in [6, 6.07) is 0.403. The predicted molar refractivity (Wildman–Crippen MR) is 60.0 cm³/mol. The molecule has 0 fully saturated rings. The Kier molecular flexibility index (Phi) is 5.04. The molecule has 1 N–H and O–H groups in total. The molecular formula is C11H19N3O. The molecule has 0 aromatic carbocycles. The van der Waals surface area contributed by atoms with Gasteiger partial charge in [-0.25, -0.2) is 4.98 Å². The van der Waals surface area contributed by atoms with Crippen molar-refractivity contribution in [3.05, 3.63) is 18.1 Å². The molecule has 4 nitrogen and oxygen atoms in total. The Morgan fingerprint density at radius 3 is 2.93 bits per heavy atom. The average Bonchev–Trinajstić information content (AvgIpc) is 2.26. The molecule has 1 aromatic rings. The van der Waals surface area contributed by atoms with E-state index in [0.717, 1.165) is 18.5 Å². The van der Waals surface area contributed by atoms with Crippen LogP contribution in [0.15, 0.2) is 12.4 Å². The zero-order valence-electron chi connectivity index (χ0n) is 9.66. The molecule has 84 valence electrons. The molecule has 1 unspecified atom stereocenters. The van der Waals surface area contributed by atoms with Crippen LogP contribution in [0.1, 0.15) is 26.0 Å². The van der Waals surface area contributed by atoms with Crippen LogP contribution in [0.5, 0.6) is 5.88 Å². The first kappa shape index (κ1) is 11.9. The Balaban J connectivity index is 2.57. The van der Waals surface area contributed by atoms with Gasteiger partial charge in [0.1, 0.15) is 0 Å². The molecule has 15 heavy (non-hydrogen) atoms. The van der Waals surface area contributed by atoms with E-state index in [-0.39, 0.29) is 0 Å². The SMILES string of the molecule is CCCOc1cncc(CC(C)NC)n1. The van der Waals surface area contributed by atoms with E-state index in [2.05, 4.69) is 29.1 Å². The highest BCUT2D eigenvalue weighted by Crippen LogP contribution is 2.07. The van der Waals surface area contributed by atoms with Gasteiger partial charge in [0.25, 0.3) is 0 Å². The van der Waals surface area contributed by atoms with Gasteiger partial charge in [0.15, 0.2) is 0 Å². The summed E-state index contributed by atoms with van der Waals surface area (Å²) in [5.74, 6) is 0.623. The third-order valence-corrected chi connectivity index (χ3v) is 2.12. The van der Waals surface area contributed by atoms with Gasteiger partial charge in [-0.2, -0.15) is 0 Å². The van der Waals surface area contributed by atoms with Crippen molar-refractivity contribution in [2.24, 2.45) is 0 Å². The van der Waals surface area contributed by atoms with Crippen molar-refractivity contribution in [3.63, 3.8) is 0 Å². The lowest BCUT2D eigenvalue weighted by Gasteiger charge is -2.09. The van der Waals surface area contributed by atoms with Crippen LogP contribution in [0.4, 0.5) is 0 Å². The molecule has 1 atom stereocenters. The highest BCUT2D eigenvalue weighted by molar-refractivity contribution is 5.09. The van der Waals surface area contributed by atoms with Crippen LogP contribution >= 0.6 is 0 Å². The molecule has 0 spiro atoms. The minimum atomic E-state index is 0.403. The van der Waals surface area contributed by atoms with Gasteiger partial charge in [-0.05, 0) is 20.4 Å². The van der Waals surface area contributed by atoms with Crippen LogP contribution in [0.3, 0.4) is 0 Å². The number of aromatic nitrogens is 2. The number of likely N-dealkylation sites (N-methyl/N-ethyl adjacent to an activating group) is 1. The standard InChI is InChI=1S/C11H19N3O/c1-4-5-15-11-8-13-7-10(14-11)6-9(2)12-3/h7-9,12H,4-6H2,1-3H3. The first-order valence-corrected chi connectivity index (χ1v) is 5.37. The molecule has 0 radical (unpaired) electrons. The van der Waals surface area contributed by atoms with Crippen LogP contribution in [-0.2, 0) is 6.42 Å². The van der Waals surface area contributed by atoms with Crippen molar-refractivity contribution in [1.29, 1.82) is 0 Å².